The standard InChI is InChI=1S/C32H38F3N6O7P/c1-5-47-49(45,48-6-2)17-20-11-13-25(28(37-20)46-4)39-31-36-15-23(32(33,34)35)27(40-31)38-24-14-12-21(22-16-41(3)29(42)26(22)24)18-7-9-19(10-8-18)30(43)44/h11-16,18-19,42H,5-10,17H2,1-4H3,(H,43,44)(H2,36,38,39,40). The Kier molecular flexibility index (Phi) is 10.7. The lowest BCUT2D eigenvalue weighted by molar-refractivity contribution is -0.143. The average Bonchev–Trinajstić information content (AvgIpc) is 3.35. The molecule has 0 spiro atoms. The lowest BCUT2D eigenvalue weighted by Crippen LogP contribution is -2.20. The molecule has 0 unspecified atom stereocenters. The zero-order valence-corrected chi connectivity index (χ0v) is 28.3. The van der Waals surface area contributed by atoms with Crippen LogP contribution in [0.3, 0.4) is 0 Å². The van der Waals surface area contributed by atoms with Gasteiger partial charge in [0.1, 0.15) is 17.1 Å². The van der Waals surface area contributed by atoms with Gasteiger partial charge in [0.05, 0.1) is 49.2 Å². The average molecular weight is 707 g/mol. The summed E-state index contributed by atoms with van der Waals surface area (Å²) in [7, 11) is -0.500. The zero-order chi connectivity index (χ0) is 35.5. The van der Waals surface area contributed by atoms with E-state index < -0.39 is 37.0 Å². The van der Waals surface area contributed by atoms with E-state index in [0.29, 0.717) is 48.3 Å². The minimum absolute atomic E-state index is 0.0230. The number of hydrogen-bond donors (Lipinski definition) is 4. The molecule has 1 aliphatic rings. The zero-order valence-electron chi connectivity index (χ0n) is 27.4. The number of aromatic nitrogens is 4. The first-order valence-corrected chi connectivity index (χ1v) is 17.4. The molecule has 17 heteroatoms. The fourth-order valence-electron chi connectivity index (χ4n) is 6.09. The molecule has 3 aromatic heterocycles. The summed E-state index contributed by atoms with van der Waals surface area (Å²) in [6.07, 6.45) is -0.319. The maximum atomic E-state index is 14.2. The van der Waals surface area contributed by atoms with Crippen molar-refractivity contribution in [3.05, 3.63) is 53.5 Å². The second-order valence-corrected chi connectivity index (χ2v) is 13.7. The van der Waals surface area contributed by atoms with Gasteiger partial charge in [0.2, 0.25) is 17.7 Å². The minimum Gasteiger partial charge on any atom is -0.494 e. The van der Waals surface area contributed by atoms with Crippen LogP contribution in [0.1, 0.15) is 62.3 Å². The van der Waals surface area contributed by atoms with Crippen LogP contribution in [-0.2, 0) is 37.8 Å². The summed E-state index contributed by atoms with van der Waals surface area (Å²) in [5.41, 5.74) is 0.491. The number of aliphatic carboxylic acids is 1. The van der Waals surface area contributed by atoms with Crippen molar-refractivity contribution in [3.8, 4) is 11.8 Å². The van der Waals surface area contributed by atoms with Gasteiger partial charge < -0.3 is 39.2 Å². The monoisotopic (exact) mass is 706 g/mol. The number of hydrogen-bond acceptors (Lipinski definition) is 11. The summed E-state index contributed by atoms with van der Waals surface area (Å²) in [5.74, 6) is -2.10. The molecule has 1 aliphatic carbocycles. The van der Waals surface area contributed by atoms with Gasteiger partial charge in [0.25, 0.3) is 0 Å². The number of fused-ring (bicyclic) bond motifs is 1. The summed E-state index contributed by atoms with van der Waals surface area (Å²) in [6, 6.07) is 6.46. The van der Waals surface area contributed by atoms with Gasteiger partial charge in [-0.25, -0.2) is 9.97 Å². The molecule has 5 rings (SSSR count). The SMILES string of the molecule is CCOP(=O)(Cc1ccc(Nc2ncc(C(F)(F)F)c(Nc3ccc(C4CCC(C(=O)O)CC4)c4cn(C)c(O)c34)n2)c(OC)n1)OCC. The van der Waals surface area contributed by atoms with Crippen molar-refractivity contribution in [1.29, 1.82) is 0 Å². The highest BCUT2D eigenvalue weighted by molar-refractivity contribution is 7.53. The van der Waals surface area contributed by atoms with Crippen LogP contribution in [0.15, 0.2) is 36.7 Å². The molecule has 3 heterocycles. The predicted octanol–water partition coefficient (Wildman–Crippen LogP) is 7.71. The highest BCUT2D eigenvalue weighted by Gasteiger charge is 2.36. The number of pyridine rings is 1. The van der Waals surface area contributed by atoms with E-state index in [4.69, 9.17) is 13.8 Å². The first kappa shape index (κ1) is 35.9. The summed E-state index contributed by atoms with van der Waals surface area (Å²) < 4.78 is 73.1. The predicted molar refractivity (Wildman–Crippen MR) is 176 cm³/mol. The Morgan fingerprint density at radius 1 is 1.04 bits per heavy atom. The van der Waals surface area contributed by atoms with Crippen molar-refractivity contribution >= 4 is 47.5 Å². The molecule has 13 nitrogen and oxygen atoms in total. The van der Waals surface area contributed by atoms with E-state index in [1.807, 2.05) is 0 Å². The lowest BCUT2D eigenvalue weighted by Gasteiger charge is -2.27. The Hall–Kier alpha value is -4.40. The van der Waals surface area contributed by atoms with Gasteiger partial charge in [0.15, 0.2) is 0 Å². The van der Waals surface area contributed by atoms with Crippen LogP contribution in [0.25, 0.3) is 10.8 Å². The van der Waals surface area contributed by atoms with Gasteiger partial charge in [-0.15, -0.1) is 0 Å². The molecule has 4 aromatic rings. The van der Waals surface area contributed by atoms with Crippen molar-refractivity contribution in [3.63, 3.8) is 0 Å². The number of nitrogens with zero attached hydrogens (tertiary/aromatic N) is 4. The van der Waals surface area contributed by atoms with E-state index in [2.05, 4.69) is 25.6 Å². The number of benzene rings is 1. The fraction of sp³-hybridized carbons (Fsp3) is 0.438. The van der Waals surface area contributed by atoms with Crippen molar-refractivity contribution in [1.82, 2.24) is 19.5 Å². The number of anilines is 4. The number of halogens is 3. The number of methoxy groups -OCH3 is 1. The molecular weight excluding hydrogens is 668 g/mol. The third-order valence-corrected chi connectivity index (χ3v) is 10.4. The first-order valence-electron chi connectivity index (χ1n) is 15.7. The highest BCUT2D eigenvalue weighted by atomic mass is 31.2. The number of ether oxygens (including phenoxy) is 1. The molecule has 1 saturated carbocycles. The van der Waals surface area contributed by atoms with Gasteiger partial charge in [0, 0.05) is 24.8 Å². The molecule has 4 N–H and O–H groups in total. The Morgan fingerprint density at radius 3 is 2.33 bits per heavy atom. The van der Waals surface area contributed by atoms with Gasteiger partial charge in [-0.05, 0) is 69.2 Å². The van der Waals surface area contributed by atoms with Crippen LogP contribution in [0.2, 0.25) is 0 Å². The van der Waals surface area contributed by atoms with Crippen LogP contribution >= 0.6 is 7.60 Å². The van der Waals surface area contributed by atoms with E-state index >= 15 is 0 Å². The van der Waals surface area contributed by atoms with E-state index in [0.717, 1.165) is 5.56 Å². The highest BCUT2D eigenvalue weighted by Crippen LogP contribution is 2.51. The van der Waals surface area contributed by atoms with Gasteiger partial charge >= 0.3 is 19.7 Å². The summed E-state index contributed by atoms with van der Waals surface area (Å²) in [4.78, 5) is 23.9. The number of carboxylic acid groups (broad SMARTS) is 1. The largest absolute Gasteiger partial charge is 0.494 e. The number of nitrogens with one attached hydrogen (secondary N) is 2. The normalized spacial score (nSPS) is 16.9. The molecule has 0 atom stereocenters. The molecule has 0 amide bonds. The van der Waals surface area contributed by atoms with Crippen LogP contribution < -0.4 is 15.4 Å². The van der Waals surface area contributed by atoms with Crippen LogP contribution in [0, 0.1) is 5.92 Å². The molecule has 0 radical (unpaired) electrons. The molecule has 49 heavy (non-hydrogen) atoms. The lowest BCUT2D eigenvalue weighted by atomic mass is 9.78. The maximum Gasteiger partial charge on any atom is 0.421 e. The Bertz CT molecular complexity index is 1870. The van der Waals surface area contributed by atoms with E-state index in [-0.39, 0.29) is 54.4 Å². The summed E-state index contributed by atoms with van der Waals surface area (Å²) in [5, 5.41) is 27.0. The quantitative estimate of drug-likeness (QED) is 0.100. The molecule has 0 aliphatic heterocycles. The van der Waals surface area contributed by atoms with Gasteiger partial charge in [-0.3, -0.25) is 9.36 Å². The molecule has 1 aromatic carbocycles. The number of aromatic hydroxyl groups is 1. The van der Waals surface area contributed by atoms with Gasteiger partial charge in [-0.2, -0.15) is 18.2 Å². The maximum absolute atomic E-state index is 14.2. The van der Waals surface area contributed by atoms with Gasteiger partial charge in [-0.1, -0.05) is 6.07 Å². The molecular formula is C32H38F3N6O7P. The summed E-state index contributed by atoms with van der Waals surface area (Å²) in [6.45, 7) is 3.73. The smallest absolute Gasteiger partial charge is 0.421 e. The van der Waals surface area contributed by atoms with Crippen LogP contribution in [0.4, 0.5) is 36.3 Å². The molecule has 1 fully saturated rings. The molecule has 0 bridgehead atoms. The second kappa shape index (κ2) is 14.6. The number of carboxylic acids is 1. The van der Waals surface area contributed by atoms with Crippen LogP contribution in [-0.4, -0.2) is 56.0 Å². The third kappa shape index (κ3) is 7.92. The topological polar surface area (TPSA) is 170 Å². The third-order valence-electron chi connectivity index (χ3n) is 8.39. The fourth-order valence-corrected chi connectivity index (χ4v) is 7.71. The van der Waals surface area contributed by atoms with E-state index in [9.17, 15) is 32.7 Å². The van der Waals surface area contributed by atoms with Crippen LogP contribution in [0.5, 0.6) is 11.8 Å². The van der Waals surface area contributed by atoms with Crippen molar-refractivity contribution < 1.29 is 46.5 Å². The Morgan fingerprint density at radius 2 is 1.71 bits per heavy atom. The van der Waals surface area contributed by atoms with Crippen molar-refractivity contribution in [2.24, 2.45) is 13.0 Å². The minimum atomic E-state index is -4.82. The molecule has 0 saturated heterocycles. The Balaban J connectivity index is 1.47. The van der Waals surface area contributed by atoms with E-state index in [1.165, 1.54) is 17.7 Å². The summed E-state index contributed by atoms with van der Waals surface area (Å²) >= 11 is 0. The number of alkyl halides is 3. The van der Waals surface area contributed by atoms with Crippen molar-refractivity contribution in [2.75, 3.05) is 31.0 Å². The molecule has 264 valence electrons. The van der Waals surface area contributed by atoms with Crippen molar-refractivity contribution in [2.45, 2.75) is 57.8 Å². The number of rotatable bonds is 13. The number of aryl methyl sites for hydroxylation is 1. The number of carbonyl (C=O) groups is 1. The second-order valence-electron chi connectivity index (χ2n) is 11.6. The van der Waals surface area contributed by atoms with E-state index in [1.54, 1.807) is 45.3 Å². The Labute approximate surface area is 280 Å². The first-order chi connectivity index (χ1) is 23.3.